The van der Waals surface area contributed by atoms with E-state index < -0.39 is 12.0 Å². The second-order valence-electron chi connectivity index (χ2n) is 4.21. The smallest absolute Gasteiger partial charge is 0.328 e. The number of H-pyrrole nitrogens is 1. The third-order valence-electron chi connectivity index (χ3n) is 2.47. The molecule has 0 aromatic carbocycles. The van der Waals surface area contributed by atoms with Crippen LogP contribution in [0.4, 0.5) is 0 Å². The molecule has 1 aromatic rings. The number of methoxy groups -OCH3 is 1. The average Bonchev–Trinajstić information content (AvgIpc) is 2.77. The first-order chi connectivity index (χ1) is 8.04. The summed E-state index contributed by atoms with van der Waals surface area (Å²) in [4.78, 5) is 26.0. The van der Waals surface area contributed by atoms with Crippen LogP contribution in [0.1, 0.15) is 19.4 Å². The highest BCUT2D eigenvalue weighted by Gasteiger charge is 2.24. The van der Waals surface area contributed by atoms with Gasteiger partial charge < -0.3 is 15.0 Å². The number of aromatic nitrogens is 1. The van der Waals surface area contributed by atoms with Crippen molar-refractivity contribution in [3.8, 4) is 0 Å². The normalized spacial score (nSPS) is 12.2. The molecule has 0 aliphatic heterocycles. The van der Waals surface area contributed by atoms with Gasteiger partial charge in [-0.25, -0.2) is 4.79 Å². The maximum Gasteiger partial charge on any atom is 0.328 e. The van der Waals surface area contributed by atoms with Crippen LogP contribution in [0.25, 0.3) is 0 Å². The molecule has 94 valence electrons. The van der Waals surface area contributed by atoms with Crippen molar-refractivity contribution in [2.24, 2.45) is 5.92 Å². The van der Waals surface area contributed by atoms with Crippen molar-refractivity contribution in [1.29, 1.82) is 0 Å². The molecule has 1 amide bonds. The monoisotopic (exact) mass is 238 g/mol. The van der Waals surface area contributed by atoms with Gasteiger partial charge in [0.1, 0.15) is 6.04 Å². The third-order valence-corrected chi connectivity index (χ3v) is 2.47. The van der Waals surface area contributed by atoms with E-state index in [-0.39, 0.29) is 18.2 Å². The Hall–Kier alpha value is -1.78. The first-order valence-corrected chi connectivity index (χ1v) is 5.53. The standard InChI is InChI=1S/C12H18N2O3/c1-8(2)11(12(16)17-3)14-10(15)6-9-4-5-13-7-9/h4-5,7-8,11,13H,6H2,1-3H3,(H,14,15)/t11-/m0/s1. The molecule has 1 rings (SSSR count). The fourth-order valence-electron chi connectivity index (χ4n) is 1.50. The number of nitrogens with one attached hydrogen (secondary N) is 2. The molecule has 0 unspecified atom stereocenters. The van der Waals surface area contributed by atoms with Gasteiger partial charge >= 0.3 is 5.97 Å². The third kappa shape index (κ3) is 3.94. The molecule has 0 spiro atoms. The van der Waals surface area contributed by atoms with Gasteiger partial charge in [0, 0.05) is 12.4 Å². The van der Waals surface area contributed by atoms with Crippen LogP contribution in [-0.4, -0.2) is 30.0 Å². The quantitative estimate of drug-likeness (QED) is 0.748. The van der Waals surface area contributed by atoms with E-state index in [1.807, 2.05) is 19.9 Å². The number of ether oxygens (including phenoxy) is 1. The molecular weight excluding hydrogens is 220 g/mol. The van der Waals surface area contributed by atoms with E-state index in [1.54, 1.807) is 12.4 Å². The molecule has 1 aromatic heterocycles. The fourth-order valence-corrected chi connectivity index (χ4v) is 1.50. The summed E-state index contributed by atoms with van der Waals surface area (Å²) in [6.07, 6.45) is 3.76. The Morgan fingerprint density at radius 1 is 1.47 bits per heavy atom. The number of rotatable bonds is 5. The zero-order chi connectivity index (χ0) is 12.8. The first kappa shape index (κ1) is 13.3. The van der Waals surface area contributed by atoms with Crippen molar-refractivity contribution in [1.82, 2.24) is 10.3 Å². The van der Waals surface area contributed by atoms with E-state index >= 15 is 0 Å². The highest BCUT2D eigenvalue weighted by molar-refractivity contribution is 5.85. The Bertz CT molecular complexity index is 371. The predicted octanol–water partition coefficient (Wildman–Crippen LogP) is 0.871. The highest BCUT2D eigenvalue weighted by atomic mass is 16.5. The number of aromatic amines is 1. The summed E-state index contributed by atoms with van der Waals surface area (Å²) in [5, 5.41) is 2.68. The topological polar surface area (TPSA) is 71.2 Å². The van der Waals surface area contributed by atoms with Crippen LogP contribution < -0.4 is 5.32 Å². The van der Waals surface area contributed by atoms with E-state index in [0.29, 0.717) is 0 Å². The number of esters is 1. The zero-order valence-corrected chi connectivity index (χ0v) is 10.3. The number of carbonyl (C=O) groups excluding carboxylic acids is 2. The maximum absolute atomic E-state index is 11.7. The molecule has 1 heterocycles. The lowest BCUT2D eigenvalue weighted by Crippen LogP contribution is -2.45. The van der Waals surface area contributed by atoms with E-state index in [4.69, 9.17) is 0 Å². The van der Waals surface area contributed by atoms with Crippen molar-refractivity contribution in [3.05, 3.63) is 24.0 Å². The lowest BCUT2D eigenvalue weighted by Gasteiger charge is -2.19. The molecule has 0 aliphatic carbocycles. The molecule has 0 saturated heterocycles. The van der Waals surface area contributed by atoms with Gasteiger partial charge in [-0.1, -0.05) is 13.8 Å². The van der Waals surface area contributed by atoms with Gasteiger partial charge in [-0.15, -0.1) is 0 Å². The number of carbonyl (C=O) groups is 2. The minimum atomic E-state index is -0.591. The minimum Gasteiger partial charge on any atom is -0.467 e. The lowest BCUT2D eigenvalue weighted by atomic mass is 10.0. The Kier molecular flexibility index (Phi) is 4.75. The van der Waals surface area contributed by atoms with Gasteiger partial charge in [0.2, 0.25) is 5.91 Å². The van der Waals surface area contributed by atoms with Crippen LogP contribution >= 0.6 is 0 Å². The molecule has 0 bridgehead atoms. The second-order valence-corrected chi connectivity index (χ2v) is 4.21. The Morgan fingerprint density at radius 2 is 2.18 bits per heavy atom. The van der Waals surface area contributed by atoms with E-state index in [9.17, 15) is 9.59 Å². The minimum absolute atomic E-state index is 0.00220. The first-order valence-electron chi connectivity index (χ1n) is 5.53. The highest BCUT2D eigenvalue weighted by Crippen LogP contribution is 2.05. The maximum atomic E-state index is 11.7. The van der Waals surface area contributed by atoms with E-state index in [1.165, 1.54) is 7.11 Å². The van der Waals surface area contributed by atoms with Crippen molar-refractivity contribution in [3.63, 3.8) is 0 Å². The van der Waals surface area contributed by atoms with Gasteiger partial charge in [-0.2, -0.15) is 0 Å². The average molecular weight is 238 g/mol. The van der Waals surface area contributed by atoms with Gasteiger partial charge in [0.05, 0.1) is 13.5 Å². The molecule has 0 aliphatic rings. The number of hydrogen-bond donors (Lipinski definition) is 2. The van der Waals surface area contributed by atoms with Crippen LogP contribution in [0.5, 0.6) is 0 Å². The number of hydrogen-bond acceptors (Lipinski definition) is 3. The molecule has 0 radical (unpaired) electrons. The molecule has 1 atom stereocenters. The summed E-state index contributed by atoms with van der Waals surface area (Å²) in [5.74, 6) is -0.603. The zero-order valence-electron chi connectivity index (χ0n) is 10.3. The van der Waals surface area contributed by atoms with Gasteiger partial charge in [0.25, 0.3) is 0 Å². The second kappa shape index (κ2) is 6.08. The summed E-state index contributed by atoms with van der Waals surface area (Å²) in [7, 11) is 1.32. The Morgan fingerprint density at radius 3 is 2.65 bits per heavy atom. The SMILES string of the molecule is COC(=O)[C@@H](NC(=O)Cc1cc[nH]c1)C(C)C. The van der Waals surface area contributed by atoms with Crippen molar-refractivity contribution < 1.29 is 14.3 Å². The molecule has 17 heavy (non-hydrogen) atoms. The van der Waals surface area contributed by atoms with Crippen LogP contribution in [-0.2, 0) is 20.7 Å². The molecule has 2 N–H and O–H groups in total. The molecular formula is C12H18N2O3. The summed E-state index contributed by atoms with van der Waals surface area (Å²) >= 11 is 0. The Labute approximate surface area is 101 Å². The predicted molar refractivity (Wildman–Crippen MR) is 63.3 cm³/mol. The molecule has 5 nitrogen and oxygen atoms in total. The van der Waals surface area contributed by atoms with E-state index in [0.717, 1.165) is 5.56 Å². The molecule has 0 fully saturated rings. The molecule has 5 heteroatoms. The van der Waals surface area contributed by atoms with Crippen LogP contribution in [0.15, 0.2) is 18.5 Å². The fraction of sp³-hybridized carbons (Fsp3) is 0.500. The van der Waals surface area contributed by atoms with Crippen molar-refractivity contribution >= 4 is 11.9 Å². The van der Waals surface area contributed by atoms with Gasteiger partial charge in [-0.05, 0) is 17.5 Å². The van der Waals surface area contributed by atoms with Crippen molar-refractivity contribution in [2.45, 2.75) is 26.3 Å². The summed E-state index contributed by atoms with van der Waals surface area (Å²) in [6.45, 7) is 3.72. The Balaban J connectivity index is 2.55. The largest absolute Gasteiger partial charge is 0.467 e. The summed E-state index contributed by atoms with van der Waals surface area (Å²) in [6, 6.07) is 1.23. The molecule has 0 saturated carbocycles. The van der Waals surface area contributed by atoms with Crippen LogP contribution in [0.2, 0.25) is 0 Å². The van der Waals surface area contributed by atoms with Crippen LogP contribution in [0.3, 0.4) is 0 Å². The summed E-state index contributed by atoms with van der Waals surface area (Å²) in [5.41, 5.74) is 0.884. The van der Waals surface area contributed by atoms with E-state index in [2.05, 4.69) is 15.0 Å². The van der Waals surface area contributed by atoms with Gasteiger partial charge in [0.15, 0.2) is 0 Å². The number of amides is 1. The van der Waals surface area contributed by atoms with Crippen molar-refractivity contribution in [2.75, 3.05) is 7.11 Å². The summed E-state index contributed by atoms with van der Waals surface area (Å²) < 4.78 is 4.65. The van der Waals surface area contributed by atoms with Crippen LogP contribution in [0, 0.1) is 5.92 Å². The van der Waals surface area contributed by atoms with Gasteiger partial charge in [-0.3, -0.25) is 4.79 Å². The lowest BCUT2D eigenvalue weighted by molar-refractivity contribution is -0.146.